The van der Waals surface area contributed by atoms with Crippen molar-refractivity contribution in [1.82, 2.24) is 4.90 Å². The van der Waals surface area contributed by atoms with Gasteiger partial charge in [-0.25, -0.2) is 0 Å². The van der Waals surface area contributed by atoms with Crippen LogP contribution in [0.5, 0.6) is 0 Å². The van der Waals surface area contributed by atoms with Crippen LogP contribution in [0.3, 0.4) is 0 Å². The van der Waals surface area contributed by atoms with Crippen LogP contribution >= 0.6 is 11.3 Å². The van der Waals surface area contributed by atoms with Crippen LogP contribution in [0, 0.1) is 0 Å². The van der Waals surface area contributed by atoms with Crippen molar-refractivity contribution in [2.24, 2.45) is 0 Å². The highest BCUT2D eigenvalue weighted by molar-refractivity contribution is 7.07. The summed E-state index contributed by atoms with van der Waals surface area (Å²) in [4.78, 5) is 2.12. The van der Waals surface area contributed by atoms with E-state index in [0.29, 0.717) is 0 Å². The third-order valence-electron chi connectivity index (χ3n) is 1.61. The zero-order chi connectivity index (χ0) is 8.97. The minimum atomic E-state index is -0.242. The smallest absolute Gasteiger partial charge is 0.0639 e. The van der Waals surface area contributed by atoms with Gasteiger partial charge >= 0.3 is 0 Å². The molecule has 3 heteroatoms. The molecule has 2 nitrogen and oxygen atoms in total. The lowest BCUT2D eigenvalue weighted by Crippen LogP contribution is -2.26. The first-order chi connectivity index (χ1) is 5.68. The van der Waals surface area contributed by atoms with Gasteiger partial charge in [-0.1, -0.05) is 0 Å². The van der Waals surface area contributed by atoms with Gasteiger partial charge in [0, 0.05) is 13.1 Å². The molecule has 0 aliphatic rings. The molecule has 1 atom stereocenters. The number of hydrogen-bond acceptors (Lipinski definition) is 3. The SMILES string of the molecule is CC(O)CN(C)Cc1ccsc1. The highest BCUT2D eigenvalue weighted by Crippen LogP contribution is 2.08. The summed E-state index contributed by atoms with van der Waals surface area (Å²) < 4.78 is 0. The van der Waals surface area contributed by atoms with E-state index in [2.05, 4.69) is 21.7 Å². The summed E-state index contributed by atoms with van der Waals surface area (Å²) in [5, 5.41) is 13.3. The van der Waals surface area contributed by atoms with Gasteiger partial charge in [0.2, 0.25) is 0 Å². The molecular formula is C9H15NOS. The molecule has 1 aromatic rings. The van der Waals surface area contributed by atoms with Crippen molar-refractivity contribution in [3.05, 3.63) is 22.4 Å². The Morgan fingerprint density at radius 3 is 2.92 bits per heavy atom. The molecule has 68 valence electrons. The lowest BCUT2D eigenvalue weighted by molar-refractivity contribution is 0.138. The predicted octanol–water partition coefficient (Wildman–Crippen LogP) is 1.56. The molecule has 0 aliphatic carbocycles. The lowest BCUT2D eigenvalue weighted by atomic mass is 10.3. The summed E-state index contributed by atoms with van der Waals surface area (Å²) in [5.41, 5.74) is 1.32. The van der Waals surface area contributed by atoms with Crippen LogP contribution in [-0.2, 0) is 6.54 Å². The van der Waals surface area contributed by atoms with Crippen molar-refractivity contribution in [2.75, 3.05) is 13.6 Å². The lowest BCUT2D eigenvalue weighted by Gasteiger charge is -2.17. The Balaban J connectivity index is 2.32. The summed E-state index contributed by atoms with van der Waals surface area (Å²) in [6, 6.07) is 2.11. The molecule has 1 rings (SSSR count). The molecule has 0 aliphatic heterocycles. The van der Waals surface area contributed by atoms with Gasteiger partial charge in [0.15, 0.2) is 0 Å². The summed E-state index contributed by atoms with van der Waals surface area (Å²) in [5.74, 6) is 0. The topological polar surface area (TPSA) is 23.5 Å². The largest absolute Gasteiger partial charge is 0.392 e. The van der Waals surface area contributed by atoms with E-state index in [4.69, 9.17) is 5.11 Å². The van der Waals surface area contributed by atoms with E-state index < -0.39 is 0 Å². The molecule has 1 N–H and O–H groups in total. The van der Waals surface area contributed by atoms with E-state index >= 15 is 0 Å². The molecule has 12 heavy (non-hydrogen) atoms. The van der Waals surface area contributed by atoms with Crippen molar-refractivity contribution in [3.63, 3.8) is 0 Å². The minimum Gasteiger partial charge on any atom is -0.392 e. The van der Waals surface area contributed by atoms with Crippen LogP contribution in [0.25, 0.3) is 0 Å². The van der Waals surface area contributed by atoms with Crippen LogP contribution in [0.15, 0.2) is 16.8 Å². The van der Waals surface area contributed by atoms with E-state index in [0.717, 1.165) is 13.1 Å². The van der Waals surface area contributed by atoms with E-state index in [-0.39, 0.29) is 6.10 Å². The Labute approximate surface area is 77.5 Å². The molecule has 0 radical (unpaired) electrons. The van der Waals surface area contributed by atoms with Gasteiger partial charge in [0.25, 0.3) is 0 Å². The summed E-state index contributed by atoms with van der Waals surface area (Å²) in [6.07, 6.45) is -0.242. The molecule has 1 heterocycles. The van der Waals surface area contributed by atoms with Crippen LogP contribution < -0.4 is 0 Å². The van der Waals surface area contributed by atoms with Crippen molar-refractivity contribution < 1.29 is 5.11 Å². The molecule has 1 aromatic heterocycles. The summed E-state index contributed by atoms with van der Waals surface area (Å²) in [7, 11) is 2.02. The molecule has 0 bridgehead atoms. The Hall–Kier alpha value is -0.380. The van der Waals surface area contributed by atoms with Gasteiger partial charge in [0.1, 0.15) is 0 Å². The van der Waals surface area contributed by atoms with Gasteiger partial charge in [-0.05, 0) is 36.4 Å². The second kappa shape index (κ2) is 4.60. The highest BCUT2D eigenvalue weighted by Gasteiger charge is 2.03. The van der Waals surface area contributed by atoms with E-state index in [1.807, 2.05) is 14.0 Å². The number of nitrogens with zero attached hydrogens (tertiary/aromatic N) is 1. The Morgan fingerprint density at radius 2 is 2.42 bits per heavy atom. The fraction of sp³-hybridized carbons (Fsp3) is 0.556. The predicted molar refractivity (Wildman–Crippen MR) is 52.3 cm³/mol. The quantitative estimate of drug-likeness (QED) is 0.769. The maximum Gasteiger partial charge on any atom is 0.0639 e. The average molecular weight is 185 g/mol. The number of rotatable bonds is 4. The third kappa shape index (κ3) is 3.34. The van der Waals surface area contributed by atoms with Gasteiger partial charge in [-0.15, -0.1) is 0 Å². The first kappa shape index (κ1) is 9.71. The number of hydrogen-bond donors (Lipinski definition) is 1. The van der Waals surface area contributed by atoms with E-state index in [1.165, 1.54) is 5.56 Å². The van der Waals surface area contributed by atoms with Crippen LogP contribution in [0.2, 0.25) is 0 Å². The molecule has 0 amide bonds. The average Bonchev–Trinajstić information content (AvgIpc) is 2.37. The fourth-order valence-electron chi connectivity index (χ4n) is 1.21. The molecule has 0 fully saturated rings. The highest BCUT2D eigenvalue weighted by atomic mass is 32.1. The first-order valence-corrected chi connectivity index (χ1v) is 5.00. The molecule has 0 aromatic carbocycles. The van der Waals surface area contributed by atoms with Gasteiger partial charge in [0.05, 0.1) is 6.10 Å². The van der Waals surface area contributed by atoms with Gasteiger partial charge in [-0.3, -0.25) is 4.90 Å². The number of likely N-dealkylation sites (N-methyl/N-ethyl adjacent to an activating group) is 1. The number of thiophene rings is 1. The zero-order valence-corrected chi connectivity index (χ0v) is 8.34. The van der Waals surface area contributed by atoms with Crippen LogP contribution in [0.4, 0.5) is 0 Å². The number of aliphatic hydroxyl groups excluding tert-OH is 1. The minimum absolute atomic E-state index is 0.242. The summed E-state index contributed by atoms with van der Waals surface area (Å²) >= 11 is 1.71. The zero-order valence-electron chi connectivity index (χ0n) is 7.53. The van der Waals surface area contributed by atoms with Crippen LogP contribution in [-0.4, -0.2) is 29.7 Å². The maximum absolute atomic E-state index is 9.11. The van der Waals surface area contributed by atoms with Crippen molar-refractivity contribution in [1.29, 1.82) is 0 Å². The third-order valence-corrected chi connectivity index (χ3v) is 2.34. The normalized spacial score (nSPS) is 13.7. The molecule has 1 unspecified atom stereocenters. The summed E-state index contributed by atoms with van der Waals surface area (Å²) in [6.45, 7) is 3.47. The van der Waals surface area contributed by atoms with Gasteiger partial charge in [-0.2, -0.15) is 11.3 Å². The Kier molecular flexibility index (Phi) is 3.72. The molecular weight excluding hydrogens is 170 g/mol. The fourth-order valence-corrected chi connectivity index (χ4v) is 1.87. The molecule has 0 saturated carbocycles. The Morgan fingerprint density at radius 1 is 1.67 bits per heavy atom. The molecule has 0 saturated heterocycles. The maximum atomic E-state index is 9.11. The van der Waals surface area contributed by atoms with Crippen LogP contribution in [0.1, 0.15) is 12.5 Å². The van der Waals surface area contributed by atoms with Gasteiger partial charge < -0.3 is 5.11 Å². The second-order valence-corrected chi connectivity index (χ2v) is 3.96. The monoisotopic (exact) mass is 185 g/mol. The second-order valence-electron chi connectivity index (χ2n) is 3.18. The van der Waals surface area contributed by atoms with Crippen molar-refractivity contribution in [3.8, 4) is 0 Å². The first-order valence-electron chi connectivity index (χ1n) is 4.06. The molecule has 0 spiro atoms. The standard InChI is InChI=1S/C9H15NOS/c1-8(11)5-10(2)6-9-3-4-12-7-9/h3-4,7-8,11H,5-6H2,1-2H3. The Bertz CT molecular complexity index is 208. The van der Waals surface area contributed by atoms with E-state index in [1.54, 1.807) is 11.3 Å². The van der Waals surface area contributed by atoms with Crippen molar-refractivity contribution >= 4 is 11.3 Å². The van der Waals surface area contributed by atoms with E-state index in [9.17, 15) is 0 Å². The van der Waals surface area contributed by atoms with Crippen molar-refractivity contribution in [2.45, 2.75) is 19.6 Å². The number of aliphatic hydroxyl groups is 1.